The van der Waals surface area contributed by atoms with Crippen LogP contribution >= 0.6 is 0 Å². The Labute approximate surface area is 121 Å². The fourth-order valence-corrected chi connectivity index (χ4v) is 2.23. The zero-order valence-electron chi connectivity index (χ0n) is 12.2. The molecule has 0 aliphatic rings. The molecule has 104 valence electrons. The van der Waals surface area contributed by atoms with E-state index in [1.165, 1.54) is 16.8 Å². The SMILES string of the molecule is CC(=O)CCCN(C)c1ccc(-c2ccccc2)cc1. The number of hydrogen-bond acceptors (Lipinski definition) is 2. The van der Waals surface area contributed by atoms with E-state index in [9.17, 15) is 4.79 Å². The fourth-order valence-electron chi connectivity index (χ4n) is 2.23. The van der Waals surface area contributed by atoms with Crippen molar-refractivity contribution in [3.8, 4) is 11.1 Å². The van der Waals surface area contributed by atoms with Crippen LogP contribution in [0.3, 0.4) is 0 Å². The van der Waals surface area contributed by atoms with Gasteiger partial charge in [0.2, 0.25) is 0 Å². The first kappa shape index (κ1) is 14.3. The molecule has 0 amide bonds. The van der Waals surface area contributed by atoms with Gasteiger partial charge >= 0.3 is 0 Å². The quantitative estimate of drug-likeness (QED) is 0.783. The van der Waals surface area contributed by atoms with Gasteiger partial charge in [0.05, 0.1) is 0 Å². The van der Waals surface area contributed by atoms with Gasteiger partial charge in [0.1, 0.15) is 5.78 Å². The van der Waals surface area contributed by atoms with Crippen LogP contribution in [-0.2, 0) is 4.79 Å². The summed E-state index contributed by atoms with van der Waals surface area (Å²) in [5.41, 5.74) is 3.65. The van der Waals surface area contributed by atoms with Crippen LogP contribution in [0.2, 0.25) is 0 Å². The smallest absolute Gasteiger partial charge is 0.129 e. The molecule has 0 fully saturated rings. The minimum absolute atomic E-state index is 0.262. The third kappa shape index (κ3) is 3.95. The van der Waals surface area contributed by atoms with Crippen LogP contribution in [-0.4, -0.2) is 19.4 Å². The first-order valence-electron chi connectivity index (χ1n) is 7.03. The summed E-state index contributed by atoms with van der Waals surface area (Å²) in [6.07, 6.45) is 1.57. The Balaban J connectivity index is 1.99. The highest BCUT2D eigenvalue weighted by molar-refractivity contribution is 5.75. The number of ketones is 1. The highest BCUT2D eigenvalue weighted by atomic mass is 16.1. The third-order valence-corrected chi connectivity index (χ3v) is 3.44. The Bertz CT molecular complexity index is 545. The van der Waals surface area contributed by atoms with Gasteiger partial charge in [-0.1, -0.05) is 42.5 Å². The fraction of sp³-hybridized carbons (Fsp3) is 0.278. The summed E-state index contributed by atoms with van der Waals surface area (Å²) in [5.74, 6) is 0.262. The van der Waals surface area contributed by atoms with E-state index in [2.05, 4.69) is 60.5 Å². The lowest BCUT2D eigenvalue weighted by molar-refractivity contribution is -0.117. The van der Waals surface area contributed by atoms with Crippen molar-refractivity contribution in [3.05, 3.63) is 54.6 Å². The van der Waals surface area contributed by atoms with Crippen LogP contribution < -0.4 is 4.90 Å². The van der Waals surface area contributed by atoms with Gasteiger partial charge in [-0.3, -0.25) is 0 Å². The van der Waals surface area contributed by atoms with Crippen molar-refractivity contribution in [2.45, 2.75) is 19.8 Å². The second kappa shape index (κ2) is 6.90. The van der Waals surface area contributed by atoms with Gasteiger partial charge in [-0.05, 0) is 36.6 Å². The van der Waals surface area contributed by atoms with Crippen LogP contribution in [0.5, 0.6) is 0 Å². The molecule has 0 unspecified atom stereocenters. The molecule has 0 aliphatic heterocycles. The average Bonchev–Trinajstić information content (AvgIpc) is 2.48. The van der Waals surface area contributed by atoms with E-state index < -0.39 is 0 Å². The van der Waals surface area contributed by atoms with Crippen LogP contribution in [0.1, 0.15) is 19.8 Å². The molecule has 0 N–H and O–H groups in total. The summed E-state index contributed by atoms with van der Waals surface area (Å²) >= 11 is 0. The summed E-state index contributed by atoms with van der Waals surface area (Å²) < 4.78 is 0. The molecule has 0 atom stereocenters. The van der Waals surface area contributed by atoms with Crippen LogP contribution in [0, 0.1) is 0 Å². The topological polar surface area (TPSA) is 20.3 Å². The first-order valence-corrected chi connectivity index (χ1v) is 7.03. The Kier molecular flexibility index (Phi) is 4.94. The lowest BCUT2D eigenvalue weighted by Gasteiger charge is -2.19. The van der Waals surface area contributed by atoms with E-state index in [-0.39, 0.29) is 5.78 Å². The number of carbonyl (C=O) groups is 1. The minimum atomic E-state index is 0.262. The summed E-state index contributed by atoms with van der Waals surface area (Å²) in [6, 6.07) is 18.9. The van der Waals surface area contributed by atoms with E-state index in [0.717, 1.165) is 13.0 Å². The molecule has 2 aromatic rings. The van der Waals surface area contributed by atoms with Gasteiger partial charge in [-0.2, -0.15) is 0 Å². The number of rotatable bonds is 6. The number of anilines is 1. The number of carbonyl (C=O) groups excluding carboxylic acids is 1. The van der Waals surface area contributed by atoms with E-state index >= 15 is 0 Å². The largest absolute Gasteiger partial charge is 0.375 e. The molecule has 0 radical (unpaired) electrons. The van der Waals surface area contributed by atoms with Crippen molar-refractivity contribution >= 4 is 11.5 Å². The third-order valence-electron chi connectivity index (χ3n) is 3.44. The van der Waals surface area contributed by atoms with Crippen molar-refractivity contribution in [3.63, 3.8) is 0 Å². The number of nitrogens with zero attached hydrogens (tertiary/aromatic N) is 1. The second-order valence-corrected chi connectivity index (χ2v) is 5.14. The van der Waals surface area contributed by atoms with E-state index in [1.807, 2.05) is 6.07 Å². The highest BCUT2D eigenvalue weighted by Crippen LogP contribution is 2.22. The summed E-state index contributed by atoms with van der Waals surface area (Å²) in [6.45, 7) is 2.55. The molecule has 0 aromatic heterocycles. The van der Waals surface area contributed by atoms with Gasteiger partial charge in [-0.25, -0.2) is 0 Å². The maximum Gasteiger partial charge on any atom is 0.129 e. The predicted octanol–water partition coefficient (Wildman–Crippen LogP) is 4.16. The van der Waals surface area contributed by atoms with E-state index in [4.69, 9.17) is 0 Å². The summed E-state index contributed by atoms with van der Waals surface area (Å²) in [4.78, 5) is 13.1. The van der Waals surface area contributed by atoms with E-state index in [1.54, 1.807) is 6.92 Å². The summed E-state index contributed by atoms with van der Waals surface area (Å²) in [5, 5.41) is 0. The first-order chi connectivity index (χ1) is 9.66. The molecule has 0 heterocycles. The van der Waals surface area contributed by atoms with Gasteiger partial charge in [0, 0.05) is 25.7 Å². The zero-order valence-corrected chi connectivity index (χ0v) is 12.2. The van der Waals surface area contributed by atoms with Crippen LogP contribution in [0.4, 0.5) is 5.69 Å². The monoisotopic (exact) mass is 267 g/mol. The van der Waals surface area contributed by atoms with Crippen molar-refractivity contribution in [1.82, 2.24) is 0 Å². The molecule has 2 rings (SSSR count). The highest BCUT2D eigenvalue weighted by Gasteiger charge is 2.03. The lowest BCUT2D eigenvalue weighted by Crippen LogP contribution is -2.18. The molecular weight excluding hydrogens is 246 g/mol. The molecule has 2 nitrogen and oxygen atoms in total. The standard InChI is InChI=1S/C18H21NO/c1-15(20)7-6-14-19(2)18-12-10-17(11-13-18)16-8-4-3-5-9-16/h3-5,8-13H,6-7,14H2,1-2H3. The van der Waals surface area contributed by atoms with Crippen molar-refractivity contribution < 1.29 is 4.79 Å². The number of hydrogen-bond donors (Lipinski definition) is 0. The molecule has 0 spiro atoms. The predicted molar refractivity (Wildman–Crippen MR) is 85.1 cm³/mol. The Morgan fingerprint density at radius 2 is 1.55 bits per heavy atom. The van der Waals surface area contributed by atoms with Crippen molar-refractivity contribution in [1.29, 1.82) is 0 Å². The lowest BCUT2D eigenvalue weighted by atomic mass is 10.1. The van der Waals surface area contributed by atoms with E-state index in [0.29, 0.717) is 6.42 Å². The van der Waals surface area contributed by atoms with Gasteiger partial charge < -0.3 is 9.69 Å². The molecule has 2 heteroatoms. The maximum atomic E-state index is 10.9. The Hall–Kier alpha value is -2.09. The number of benzene rings is 2. The summed E-state index contributed by atoms with van der Waals surface area (Å²) in [7, 11) is 2.07. The molecule has 2 aromatic carbocycles. The van der Waals surface area contributed by atoms with Crippen molar-refractivity contribution in [2.24, 2.45) is 0 Å². The van der Waals surface area contributed by atoms with Crippen LogP contribution in [0.15, 0.2) is 54.6 Å². The van der Waals surface area contributed by atoms with Gasteiger partial charge in [0.25, 0.3) is 0 Å². The molecule has 0 aliphatic carbocycles. The maximum absolute atomic E-state index is 10.9. The Morgan fingerprint density at radius 1 is 0.950 bits per heavy atom. The Morgan fingerprint density at radius 3 is 2.15 bits per heavy atom. The number of Topliss-reactive ketones (excluding diaryl/α,β-unsaturated/α-hetero) is 1. The second-order valence-electron chi connectivity index (χ2n) is 5.14. The average molecular weight is 267 g/mol. The molecule has 20 heavy (non-hydrogen) atoms. The molecular formula is C18H21NO. The van der Waals surface area contributed by atoms with Gasteiger partial charge in [0.15, 0.2) is 0 Å². The molecule has 0 saturated heterocycles. The van der Waals surface area contributed by atoms with Gasteiger partial charge in [-0.15, -0.1) is 0 Å². The molecule has 0 saturated carbocycles. The molecule has 0 bridgehead atoms. The zero-order chi connectivity index (χ0) is 14.4. The normalized spacial score (nSPS) is 10.3. The minimum Gasteiger partial charge on any atom is -0.375 e. The van der Waals surface area contributed by atoms with Crippen LogP contribution in [0.25, 0.3) is 11.1 Å². The van der Waals surface area contributed by atoms with Crippen molar-refractivity contribution in [2.75, 3.05) is 18.5 Å².